The van der Waals surface area contributed by atoms with E-state index in [1.54, 1.807) is 25.3 Å². The molecule has 0 saturated carbocycles. The van der Waals surface area contributed by atoms with Crippen LogP contribution in [-0.2, 0) is 16.0 Å². The lowest BCUT2D eigenvalue weighted by atomic mass is 10.2. The molecular weight excluding hydrogens is 282 g/mol. The van der Waals surface area contributed by atoms with Gasteiger partial charge in [-0.05, 0) is 31.5 Å². The number of rotatable bonds is 7. The van der Waals surface area contributed by atoms with Crippen LogP contribution in [-0.4, -0.2) is 24.2 Å². The number of carbonyl (C=O) groups is 1. The third-order valence-corrected chi connectivity index (χ3v) is 3.09. The average molecular weight is 303 g/mol. The lowest BCUT2D eigenvalue weighted by Crippen LogP contribution is -2.36. The standard InChI is InChI=1S/C17H21NO4/c1-3-20-16(15-11-8-12-22-15)18(17(19)21-4-2)13-14-9-6-5-7-10-14/h5-12,16H,3-4,13H2,1-2H3. The van der Waals surface area contributed by atoms with E-state index in [2.05, 4.69) is 0 Å². The summed E-state index contributed by atoms with van der Waals surface area (Å²) in [4.78, 5) is 13.9. The zero-order valence-corrected chi connectivity index (χ0v) is 12.9. The van der Waals surface area contributed by atoms with Gasteiger partial charge in [-0.25, -0.2) is 4.79 Å². The number of amides is 1. The first kappa shape index (κ1) is 16.1. The second-order valence-electron chi connectivity index (χ2n) is 4.64. The van der Waals surface area contributed by atoms with Crippen molar-refractivity contribution in [1.29, 1.82) is 0 Å². The zero-order valence-electron chi connectivity index (χ0n) is 12.9. The second kappa shape index (κ2) is 8.24. The van der Waals surface area contributed by atoms with Crippen LogP contribution in [0.5, 0.6) is 0 Å². The summed E-state index contributed by atoms with van der Waals surface area (Å²) in [6.45, 7) is 4.80. The van der Waals surface area contributed by atoms with Crippen LogP contribution in [0.25, 0.3) is 0 Å². The van der Waals surface area contributed by atoms with Gasteiger partial charge in [-0.15, -0.1) is 0 Å². The smallest absolute Gasteiger partial charge is 0.412 e. The molecule has 5 heteroatoms. The quantitative estimate of drug-likeness (QED) is 0.726. The Bertz CT molecular complexity index is 553. The van der Waals surface area contributed by atoms with Crippen LogP contribution in [0.2, 0.25) is 0 Å². The van der Waals surface area contributed by atoms with Crippen LogP contribution in [0.1, 0.15) is 31.4 Å². The molecule has 0 saturated heterocycles. The summed E-state index contributed by atoms with van der Waals surface area (Å²) in [6, 6.07) is 13.3. The molecule has 0 fully saturated rings. The van der Waals surface area contributed by atoms with Gasteiger partial charge in [0.25, 0.3) is 0 Å². The van der Waals surface area contributed by atoms with Gasteiger partial charge in [0.2, 0.25) is 0 Å². The maximum atomic E-state index is 12.3. The van der Waals surface area contributed by atoms with Crippen LogP contribution in [0.15, 0.2) is 53.1 Å². The Kier molecular flexibility index (Phi) is 6.03. The number of nitrogens with zero attached hydrogens (tertiary/aromatic N) is 1. The van der Waals surface area contributed by atoms with Crippen molar-refractivity contribution < 1.29 is 18.7 Å². The van der Waals surface area contributed by atoms with Crippen LogP contribution in [0.3, 0.4) is 0 Å². The van der Waals surface area contributed by atoms with E-state index in [0.29, 0.717) is 25.5 Å². The lowest BCUT2D eigenvalue weighted by Gasteiger charge is -2.29. The third-order valence-electron chi connectivity index (χ3n) is 3.09. The summed E-state index contributed by atoms with van der Waals surface area (Å²) in [6.07, 6.45) is 0.521. The van der Waals surface area contributed by atoms with E-state index >= 15 is 0 Å². The van der Waals surface area contributed by atoms with Crippen LogP contribution in [0, 0.1) is 0 Å². The molecule has 1 unspecified atom stereocenters. The summed E-state index contributed by atoms with van der Waals surface area (Å²) in [5, 5.41) is 0. The molecule has 2 aromatic rings. The van der Waals surface area contributed by atoms with E-state index in [-0.39, 0.29) is 0 Å². The molecule has 0 N–H and O–H groups in total. The fraction of sp³-hybridized carbons (Fsp3) is 0.353. The first-order valence-corrected chi connectivity index (χ1v) is 7.38. The van der Waals surface area contributed by atoms with Crippen molar-refractivity contribution in [2.24, 2.45) is 0 Å². The maximum absolute atomic E-state index is 12.3. The highest BCUT2D eigenvalue weighted by Gasteiger charge is 2.29. The van der Waals surface area contributed by atoms with Crippen LogP contribution < -0.4 is 0 Å². The predicted octanol–water partition coefficient (Wildman–Crippen LogP) is 3.97. The minimum Gasteiger partial charge on any atom is -0.465 e. The van der Waals surface area contributed by atoms with Crippen molar-refractivity contribution in [3.63, 3.8) is 0 Å². The highest BCUT2D eigenvalue weighted by molar-refractivity contribution is 5.68. The first-order chi connectivity index (χ1) is 10.8. The van der Waals surface area contributed by atoms with Gasteiger partial charge in [-0.1, -0.05) is 30.3 Å². The summed E-state index contributed by atoms with van der Waals surface area (Å²) < 4.78 is 16.3. The topological polar surface area (TPSA) is 51.9 Å². The van der Waals surface area contributed by atoms with Gasteiger partial charge in [-0.3, -0.25) is 4.90 Å². The number of ether oxygens (including phenoxy) is 2. The molecule has 1 aromatic heterocycles. The van der Waals surface area contributed by atoms with E-state index in [0.717, 1.165) is 5.56 Å². The molecule has 0 spiro atoms. The molecule has 1 aromatic carbocycles. The normalized spacial score (nSPS) is 11.9. The van der Waals surface area contributed by atoms with E-state index in [4.69, 9.17) is 13.9 Å². The minimum atomic E-state index is -0.612. The lowest BCUT2D eigenvalue weighted by molar-refractivity contribution is -0.0661. The Labute approximate surface area is 130 Å². The molecule has 1 heterocycles. The molecule has 0 aliphatic rings. The Hall–Kier alpha value is -2.27. The monoisotopic (exact) mass is 303 g/mol. The minimum absolute atomic E-state index is 0.307. The molecule has 0 radical (unpaired) electrons. The fourth-order valence-electron chi connectivity index (χ4n) is 2.15. The molecule has 2 rings (SSSR count). The van der Waals surface area contributed by atoms with Gasteiger partial charge >= 0.3 is 6.09 Å². The van der Waals surface area contributed by atoms with Crippen molar-refractivity contribution in [1.82, 2.24) is 4.90 Å². The summed E-state index contributed by atoms with van der Waals surface area (Å²) in [7, 11) is 0. The highest BCUT2D eigenvalue weighted by atomic mass is 16.6. The molecule has 1 atom stereocenters. The summed E-state index contributed by atoms with van der Waals surface area (Å²) >= 11 is 0. The summed E-state index contributed by atoms with van der Waals surface area (Å²) in [5.41, 5.74) is 0.992. The van der Waals surface area contributed by atoms with Gasteiger partial charge in [0.05, 0.1) is 19.4 Å². The van der Waals surface area contributed by atoms with Crippen molar-refractivity contribution >= 4 is 6.09 Å². The fourth-order valence-corrected chi connectivity index (χ4v) is 2.15. The molecule has 0 aliphatic carbocycles. The van der Waals surface area contributed by atoms with Crippen molar-refractivity contribution in [2.75, 3.05) is 13.2 Å². The van der Waals surface area contributed by atoms with E-state index in [1.165, 1.54) is 4.90 Å². The van der Waals surface area contributed by atoms with Crippen molar-refractivity contribution in [3.05, 3.63) is 60.1 Å². The molecule has 5 nitrogen and oxygen atoms in total. The Morgan fingerprint density at radius 3 is 2.50 bits per heavy atom. The Morgan fingerprint density at radius 1 is 1.14 bits per heavy atom. The molecule has 0 aliphatic heterocycles. The number of benzene rings is 1. The second-order valence-corrected chi connectivity index (χ2v) is 4.64. The third kappa shape index (κ3) is 4.11. The molecule has 118 valence electrons. The van der Waals surface area contributed by atoms with E-state index in [1.807, 2.05) is 37.3 Å². The van der Waals surface area contributed by atoms with Gasteiger partial charge in [-0.2, -0.15) is 0 Å². The highest BCUT2D eigenvalue weighted by Crippen LogP contribution is 2.25. The maximum Gasteiger partial charge on any atom is 0.412 e. The largest absolute Gasteiger partial charge is 0.465 e. The Balaban J connectivity index is 2.26. The van der Waals surface area contributed by atoms with Crippen molar-refractivity contribution in [2.45, 2.75) is 26.6 Å². The van der Waals surface area contributed by atoms with Gasteiger partial charge < -0.3 is 13.9 Å². The number of hydrogen-bond acceptors (Lipinski definition) is 4. The van der Waals surface area contributed by atoms with Gasteiger partial charge in [0, 0.05) is 6.61 Å². The van der Waals surface area contributed by atoms with E-state index in [9.17, 15) is 4.79 Å². The molecular formula is C17H21NO4. The molecule has 0 bridgehead atoms. The van der Waals surface area contributed by atoms with Crippen LogP contribution >= 0.6 is 0 Å². The molecule has 1 amide bonds. The number of furan rings is 1. The van der Waals surface area contributed by atoms with Crippen LogP contribution in [0.4, 0.5) is 4.79 Å². The summed E-state index contributed by atoms with van der Waals surface area (Å²) in [5.74, 6) is 0.575. The average Bonchev–Trinajstić information content (AvgIpc) is 3.06. The van der Waals surface area contributed by atoms with Crippen molar-refractivity contribution in [3.8, 4) is 0 Å². The van der Waals surface area contributed by atoms with Gasteiger partial charge in [0.15, 0.2) is 12.0 Å². The Morgan fingerprint density at radius 2 is 1.91 bits per heavy atom. The first-order valence-electron chi connectivity index (χ1n) is 7.38. The molecule has 22 heavy (non-hydrogen) atoms. The van der Waals surface area contributed by atoms with Gasteiger partial charge in [0.1, 0.15) is 0 Å². The SMILES string of the molecule is CCOC(=O)N(Cc1ccccc1)C(OCC)c1ccco1. The predicted molar refractivity (Wildman–Crippen MR) is 82.1 cm³/mol. The number of carbonyl (C=O) groups excluding carboxylic acids is 1. The van der Waals surface area contributed by atoms with E-state index < -0.39 is 12.3 Å². The zero-order chi connectivity index (χ0) is 15.8. The number of hydrogen-bond donors (Lipinski definition) is 0.